The number of carbonyl (C=O) groups excluding carboxylic acids is 1. The van der Waals surface area contributed by atoms with Gasteiger partial charge in [0, 0.05) is 24.3 Å². The van der Waals surface area contributed by atoms with E-state index in [0.29, 0.717) is 6.42 Å². The van der Waals surface area contributed by atoms with Crippen LogP contribution in [0.15, 0.2) is 0 Å². The van der Waals surface area contributed by atoms with Gasteiger partial charge in [0.25, 0.3) is 0 Å². The van der Waals surface area contributed by atoms with Crippen molar-refractivity contribution in [1.82, 2.24) is 0 Å². The summed E-state index contributed by atoms with van der Waals surface area (Å²) < 4.78 is 4.56. The van der Waals surface area contributed by atoms with Crippen LogP contribution in [0.2, 0.25) is 0 Å². The highest BCUT2D eigenvalue weighted by molar-refractivity contribution is 7.98. The van der Waals surface area contributed by atoms with Crippen LogP contribution in [0.1, 0.15) is 32.1 Å². The summed E-state index contributed by atoms with van der Waals surface area (Å²) in [5, 5.41) is 0. The third-order valence-corrected chi connectivity index (χ3v) is 3.27. The second-order valence-electron chi connectivity index (χ2n) is 3.96. The van der Waals surface area contributed by atoms with Gasteiger partial charge in [0.05, 0.1) is 7.11 Å². The fraction of sp³-hybridized carbons (Fsp3) is 0.909. The highest BCUT2D eigenvalue weighted by Gasteiger charge is 2.11. The first-order valence-electron chi connectivity index (χ1n) is 5.68. The molecule has 0 fully saturated rings. The van der Waals surface area contributed by atoms with Crippen molar-refractivity contribution in [2.45, 2.75) is 44.2 Å². The predicted molar refractivity (Wildman–Crippen MR) is 69.4 cm³/mol. The van der Waals surface area contributed by atoms with Crippen molar-refractivity contribution in [3.05, 3.63) is 0 Å². The Bertz CT molecular complexity index is 191. The normalized spacial score (nSPS) is 14.5. The summed E-state index contributed by atoms with van der Waals surface area (Å²) in [5.41, 5.74) is 11.8. The molecule has 0 spiro atoms. The molecule has 0 bridgehead atoms. The molecule has 4 nitrogen and oxygen atoms in total. The lowest BCUT2D eigenvalue weighted by Crippen LogP contribution is -2.43. The number of thioether (sulfide) groups is 1. The van der Waals surface area contributed by atoms with Crippen molar-refractivity contribution in [2.24, 2.45) is 11.5 Å². The number of hydrogen-bond donors (Lipinski definition) is 2. The van der Waals surface area contributed by atoms with E-state index in [1.165, 1.54) is 7.11 Å². The van der Waals surface area contributed by atoms with E-state index in [1.807, 2.05) is 6.26 Å². The molecule has 96 valence electrons. The Morgan fingerprint density at radius 3 is 2.50 bits per heavy atom. The zero-order valence-electron chi connectivity index (χ0n) is 10.3. The summed E-state index contributed by atoms with van der Waals surface area (Å²) in [6.07, 6.45) is 6.38. The first-order valence-corrected chi connectivity index (χ1v) is 7.08. The Balaban J connectivity index is 3.40. The average Bonchev–Trinajstić information content (AvgIpc) is 2.28. The van der Waals surface area contributed by atoms with Gasteiger partial charge in [-0.15, -0.1) is 0 Å². The van der Waals surface area contributed by atoms with Crippen LogP contribution in [-0.2, 0) is 9.53 Å². The molecular weight excluding hydrogens is 224 g/mol. The van der Waals surface area contributed by atoms with Gasteiger partial charge in [0.15, 0.2) is 0 Å². The molecule has 0 radical (unpaired) electrons. The van der Waals surface area contributed by atoms with Crippen LogP contribution in [0.4, 0.5) is 0 Å². The molecule has 0 aromatic carbocycles. The summed E-state index contributed by atoms with van der Waals surface area (Å²) in [7, 11) is 1.42. The van der Waals surface area contributed by atoms with Crippen LogP contribution >= 0.6 is 11.8 Å². The van der Waals surface area contributed by atoms with Crippen LogP contribution < -0.4 is 11.5 Å². The zero-order chi connectivity index (χ0) is 12.4. The molecular formula is C11H24N2O2S. The quantitative estimate of drug-likeness (QED) is 0.472. The van der Waals surface area contributed by atoms with Gasteiger partial charge in [0.1, 0.15) is 0 Å². The zero-order valence-corrected chi connectivity index (χ0v) is 11.1. The monoisotopic (exact) mass is 248 g/mol. The minimum absolute atomic E-state index is 0.0746. The van der Waals surface area contributed by atoms with Crippen LogP contribution in [0.5, 0.6) is 0 Å². The van der Waals surface area contributed by atoms with Crippen molar-refractivity contribution in [3.63, 3.8) is 0 Å². The van der Waals surface area contributed by atoms with E-state index in [-0.39, 0.29) is 18.1 Å². The number of ether oxygens (including phenoxy) is 1. The molecule has 0 amide bonds. The Morgan fingerprint density at radius 1 is 1.25 bits per heavy atom. The van der Waals surface area contributed by atoms with Crippen molar-refractivity contribution in [2.75, 3.05) is 19.1 Å². The van der Waals surface area contributed by atoms with Crippen molar-refractivity contribution < 1.29 is 9.53 Å². The molecule has 4 N–H and O–H groups in total. The van der Waals surface area contributed by atoms with Crippen molar-refractivity contribution >= 4 is 17.7 Å². The van der Waals surface area contributed by atoms with Gasteiger partial charge in [-0.3, -0.25) is 4.79 Å². The van der Waals surface area contributed by atoms with Gasteiger partial charge in [-0.25, -0.2) is 0 Å². The second-order valence-corrected chi connectivity index (χ2v) is 4.87. The van der Waals surface area contributed by atoms with E-state index in [4.69, 9.17) is 11.5 Å². The molecule has 0 rings (SSSR count). The molecule has 2 unspecified atom stereocenters. The van der Waals surface area contributed by atoms with E-state index in [1.54, 1.807) is 11.8 Å². The lowest BCUT2D eigenvalue weighted by Gasteiger charge is -2.18. The maximum absolute atomic E-state index is 10.8. The summed E-state index contributed by atoms with van der Waals surface area (Å²) in [6, 6.07) is 0.154. The fourth-order valence-corrected chi connectivity index (χ4v) is 2.09. The molecule has 0 heterocycles. The van der Waals surface area contributed by atoms with Crippen LogP contribution in [0, 0.1) is 0 Å². The van der Waals surface area contributed by atoms with Gasteiger partial charge < -0.3 is 16.2 Å². The molecule has 0 aliphatic rings. The minimum Gasteiger partial charge on any atom is -0.469 e. The third kappa shape index (κ3) is 7.96. The lowest BCUT2D eigenvalue weighted by atomic mass is 10.0. The highest BCUT2D eigenvalue weighted by Crippen LogP contribution is 2.08. The SMILES string of the molecule is COC(=O)CCCCCC(N)C(N)CSC. The summed E-state index contributed by atoms with van der Waals surface area (Å²) in [6.45, 7) is 0. The molecule has 0 saturated heterocycles. The van der Waals surface area contributed by atoms with Gasteiger partial charge in [0.2, 0.25) is 0 Å². The van der Waals surface area contributed by atoms with E-state index < -0.39 is 0 Å². The molecule has 5 heteroatoms. The van der Waals surface area contributed by atoms with Crippen molar-refractivity contribution in [3.8, 4) is 0 Å². The van der Waals surface area contributed by atoms with E-state index in [2.05, 4.69) is 4.74 Å². The fourth-order valence-electron chi connectivity index (χ4n) is 1.46. The lowest BCUT2D eigenvalue weighted by molar-refractivity contribution is -0.140. The van der Waals surface area contributed by atoms with Gasteiger partial charge in [-0.2, -0.15) is 11.8 Å². The number of methoxy groups -OCH3 is 1. The average molecular weight is 248 g/mol. The Kier molecular flexibility index (Phi) is 9.77. The maximum Gasteiger partial charge on any atom is 0.305 e. The number of unbranched alkanes of at least 4 members (excludes halogenated alkanes) is 2. The third-order valence-electron chi connectivity index (χ3n) is 2.56. The topological polar surface area (TPSA) is 78.3 Å². The maximum atomic E-state index is 10.8. The number of carbonyl (C=O) groups is 1. The predicted octanol–water partition coefficient (Wildman–Crippen LogP) is 1.13. The Hall–Kier alpha value is -0.260. The molecule has 0 aromatic rings. The van der Waals surface area contributed by atoms with E-state index in [0.717, 1.165) is 31.4 Å². The number of nitrogens with two attached hydrogens (primary N) is 2. The smallest absolute Gasteiger partial charge is 0.305 e. The Labute approximate surface area is 102 Å². The van der Waals surface area contributed by atoms with E-state index in [9.17, 15) is 4.79 Å². The minimum atomic E-state index is -0.136. The van der Waals surface area contributed by atoms with Crippen molar-refractivity contribution in [1.29, 1.82) is 0 Å². The molecule has 2 atom stereocenters. The summed E-state index contributed by atoms with van der Waals surface area (Å²) >= 11 is 1.72. The number of esters is 1. The van der Waals surface area contributed by atoms with Crippen LogP contribution in [0.3, 0.4) is 0 Å². The summed E-state index contributed by atoms with van der Waals surface area (Å²) in [5.74, 6) is 0.770. The largest absolute Gasteiger partial charge is 0.469 e. The first kappa shape index (κ1) is 15.7. The van der Waals surface area contributed by atoms with E-state index >= 15 is 0 Å². The molecule has 0 aromatic heterocycles. The standard InChI is InChI=1S/C11H24N2O2S/c1-15-11(14)7-5-3-4-6-9(12)10(13)8-16-2/h9-10H,3-8,12-13H2,1-2H3. The molecule has 0 saturated carbocycles. The molecule has 16 heavy (non-hydrogen) atoms. The Morgan fingerprint density at radius 2 is 1.94 bits per heavy atom. The van der Waals surface area contributed by atoms with Crippen LogP contribution in [-0.4, -0.2) is 37.2 Å². The number of hydrogen-bond acceptors (Lipinski definition) is 5. The molecule has 0 aliphatic carbocycles. The first-order chi connectivity index (χ1) is 7.61. The van der Waals surface area contributed by atoms with Gasteiger partial charge >= 0.3 is 5.97 Å². The molecule has 0 aliphatic heterocycles. The van der Waals surface area contributed by atoms with Gasteiger partial charge in [-0.05, 0) is 19.1 Å². The van der Waals surface area contributed by atoms with Gasteiger partial charge in [-0.1, -0.05) is 12.8 Å². The number of rotatable bonds is 9. The highest BCUT2D eigenvalue weighted by atomic mass is 32.2. The summed E-state index contributed by atoms with van der Waals surface area (Å²) in [4.78, 5) is 10.8. The van der Waals surface area contributed by atoms with Crippen LogP contribution in [0.25, 0.3) is 0 Å². The second kappa shape index (κ2) is 9.93.